The second-order valence-corrected chi connectivity index (χ2v) is 3.76. The van der Waals surface area contributed by atoms with Crippen molar-refractivity contribution in [2.45, 2.75) is 33.2 Å². The van der Waals surface area contributed by atoms with Gasteiger partial charge in [-0.25, -0.2) is 4.79 Å². The van der Waals surface area contributed by atoms with Crippen molar-refractivity contribution < 1.29 is 4.79 Å². The lowest BCUT2D eigenvalue weighted by Gasteiger charge is -2.12. The van der Waals surface area contributed by atoms with Gasteiger partial charge in [0.05, 0.1) is 0 Å². The van der Waals surface area contributed by atoms with Gasteiger partial charge >= 0.3 is 6.03 Å². The van der Waals surface area contributed by atoms with Gasteiger partial charge in [-0.3, -0.25) is 0 Å². The summed E-state index contributed by atoms with van der Waals surface area (Å²) < 4.78 is 0. The summed E-state index contributed by atoms with van der Waals surface area (Å²) in [6.07, 6.45) is 0.915. The zero-order chi connectivity index (χ0) is 11.3. The van der Waals surface area contributed by atoms with Gasteiger partial charge in [-0.15, -0.1) is 0 Å². The number of hydrogen-bond acceptors (Lipinski definition) is 1. The lowest BCUT2D eigenvalue weighted by atomic mass is 10.1. The van der Waals surface area contributed by atoms with Crippen LogP contribution in [-0.4, -0.2) is 12.1 Å². The van der Waals surface area contributed by atoms with Crippen molar-refractivity contribution in [1.29, 1.82) is 0 Å². The molecule has 2 amide bonds. The van der Waals surface area contributed by atoms with Crippen molar-refractivity contribution >= 4 is 11.7 Å². The minimum Gasteiger partial charge on any atom is -0.336 e. The number of carbonyl (C=O) groups excluding carboxylic acids is 1. The summed E-state index contributed by atoms with van der Waals surface area (Å²) in [4.78, 5) is 11.5. The lowest BCUT2D eigenvalue weighted by molar-refractivity contribution is 0.250. The maximum absolute atomic E-state index is 11.5. The molecule has 1 rings (SSSR count). The minimum atomic E-state index is -0.147. The van der Waals surface area contributed by atoms with Crippen LogP contribution in [0.3, 0.4) is 0 Å². The standard InChI is InChI=1S/C12H18N2O/c1-4-10-7-5-6-8-11(10)14-12(15)13-9(2)3/h5-9H,4H2,1-3H3,(H2,13,14,15). The largest absolute Gasteiger partial charge is 0.336 e. The Hall–Kier alpha value is -1.51. The molecule has 0 bridgehead atoms. The van der Waals surface area contributed by atoms with Crippen molar-refractivity contribution in [1.82, 2.24) is 5.32 Å². The molecule has 0 aliphatic carbocycles. The van der Waals surface area contributed by atoms with Crippen LogP contribution in [0.15, 0.2) is 24.3 Å². The predicted octanol–water partition coefficient (Wildman–Crippen LogP) is 2.78. The molecule has 1 aromatic carbocycles. The lowest BCUT2D eigenvalue weighted by Crippen LogP contribution is -2.34. The van der Waals surface area contributed by atoms with Gasteiger partial charge in [0.2, 0.25) is 0 Å². The Morgan fingerprint density at radius 1 is 1.33 bits per heavy atom. The summed E-state index contributed by atoms with van der Waals surface area (Å²) >= 11 is 0. The van der Waals surface area contributed by atoms with Crippen molar-refractivity contribution in [3.63, 3.8) is 0 Å². The van der Waals surface area contributed by atoms with Gasteiger partial charge in [0.25, 0.3) is 0 Å². The Labute approximate surface area is 90.9 Å². The number of hydrogen-bond donors (Lipinski definition) is 2. The summed E-state index contributed by atoms with van der Waals surface area (Å²) in [5.41, 5.74) is 2.04. The van der Waals surface area contributed by atoms with Gasteiger partial charge in [0, 0.05) is 11.7 Å². The Balaban J connectivity index is 2.67. The quantitative estimate of drug-likeness (QED) is 0.784. The van der Waals surface area contributed by atoms with E-state index in [1.165, 1.54) is 0 Å². The fourth-order valence-electron chi connectivity index (χ4n) is 1.37. The fraction of sp³-hybridized carbons (Fsp3) is 0.417. The maximum Gasteiger partial charge on any atom is 0.319 e. The Bertz CT molecular complexity index is 334. The molecule has 15 heavy (non-hydrogen) atoms. The van der Waals surface area contributed by atoms with Gasteiger partial charge in [-0.1, -0.05) is 25.1 Å². The highest BCUT2D eigenvalue weighted by Gasteiger charge is 2.05. The number of rotatable bonds is 3. The molecule has 0 radical (unpaired) electrons. The first-order valence-electron chi connectivity index (χ1n) is 5.29. The molecular formula is C12H18N2O. The third-order valence-corrected chi connectivity index (χ3v) is 2.07. The van der Waals surface area contributed by atoms with Gasteiger partial charge in [0.1, 0.15) is 0 Å². The van der Waals surface area contributed by atoms with Crippen molar-refractivity contribution in [3.05, 3.63) is 29.8 Å². The zero-order valence-electron chi connectivity index (χ0n) is 9.50. The molecule has 0 aromatic heterocycles. The molecule has 3 nitrogen and oxygen atoms in total. The maximum atomic E-state index is 11.5. The summed E-state index contributed by atoms with van der Waals surface area (Å²) in [5, 5.41) is 5.64. The summed E-state index contributed by atoms with van der Waals surface area (Å²) in [7, 11) is 0. The van der Waals surface area contributed by atoms with E-state index in [0.29, 0.717) is 0 Å². The number of benzene rings is 1. The van der Waals surface area contributed by atoms with Crippen LogP contribution in [0, 0.1) is 0 Å². The van der Waals surface area contributed by atoms with E-state index in [0.717, 1.165) is 17.7 Å². The molecular weight excluding hydrogens is 188 g/mol. The van der Waals surface area contributed by atoms with Crippen LogP contribution < -0.4 is 10.6 Å². The third-order valence-electron chi connectivity index (χ3n) is 2.07. The van der Waals surface area contributed by atoms with E-state index in [2.05, 4.69) is 17.6 Å². The van der Waals surface area contributed by atoms with Crippen LogP contribution in [0.5, 0.6) is 0 Å². The summed E-state index contributed by atoms with van der Waals surface area (Å²) in [6, 6.07) is 7.84. The van der Waals surface area contributed by atoms with E-state index in [4.69, 9.17) is 0 Å². The van der Waals surface area contributed by atoms with Crippen LogP contribution in [0.1, 0.15) is 26.3 Å². The average Bonchev–Trinajstić information content (AvgIpc) is 2.17. The van der Waals surface area contributed by atoms with Crippen LogP contribution in [0.2, 0.25) is 0 Å². The van der Waals surface area contributed by atoms with E-state index in [1.807, 2.05) is 38.1 Å². The molecule has 0 unspecified atom stereocenters. The minimum absolute atomic E-state index is 0.147. The number of nitrogens with one attached hydrogen (secondary N) is 2. The average molecular weight is 206 g/mol. The van der Waals surface area contributed by atoms with E-state index in [9.17, 15) is 4.79 Å². The molecule has 2 N–H and O–H groups in total. The predicted molar refractivity (Wildman–Crippen MR) is 63.1 cm³/mol. The number of para-hydroxylation sites is 1. The summed E-state index contributed by atoms with van der Waals surface area (Å²) in [5.74, 6) is 0. The molecule has 1 aromatic rings. The second kappa shape index (κ2) is 5.39. The number of aryl methyl sites for hydroxylation is 1. The smallest absolute Gasteiger partial charge is 0.319 e. The van der Waals surface area contributed by atoms with E-state index in [-0.39, 0.29) is 12.1 Å². The molecule has 0 atom stereocenters. The Morgan fingerprint density at radius 2 is 2.00 bits per heavy atom. The molecule has 0 heterocycles. The first-order valence-corrected chi connectivity index (χ1v) is 5.29. The van der Waals surface area contributed by atoms with Crippen molar-refractivity contribution in [3.8, 4) is 0 Å². The van der Waals surface area contributed by atoms with Gasteiger partial charge in [-0.05, 0) is 31.9 Å². The monoisotopic (exact) mass is 206 g/mol. The van der Waals surface area contributed by atoms with Crippen molar-refractivity contribution in [2.24, 2.45) is 0 Å². The molecule has 0 fully saturated rings. The zero-order valence-corrected chi connectivity index (χ0v) is 9.50. The van der Waals surface area contributed by atoms with Crippen LogP contribution >= 0.6 is 0 Å². The van der Waals surface area contributed by atoms with Gasteiger partial charge in [-0.2, -0.15) is 0 Å². The van der Waals surface area contributed by atoms with Crippen LogP contribution in [-0.2, 0) is 6.42 Å². The van der Waals surface area contributed by atoms with Crippen LogP contribution in [0.4, 0.5) is 10.5 Å². The number of urea groups is 1. The number of amides is 2. The van der Waals surface area contributed by atoms with Gasteiger partial charge in [0.15, 0.2) is 0 Å². The van der Waals surface area contributed by atoms with Gasteiger partial charge < -0.3 is 10.6 Å². The number of carbonyl (C=O) groups is 1. The molecule has 82 valence electrons. The second-order valence-electron chi connectivity index (χ2n) is 3.76. The highest BCUT2D eigenvalue weighted by atomic mass is 16.2. The Kier molecular flexibility index (Phi) is 4.16. The first-order chi connectivity index (χ1) is 7.13. The van der Waals surface area contributed by atoms with E-state index in [1.54, 1.807) is 0 Å². The van der Waals surface area contributed by atoms with E-state index >= 15 is 0 Å². The molecule has 0 spiro atoms. The third kappa shape index (κ3) is 3.62. The van der Waals surface area contributed by atoms with Crippen LogP contribution in [0.25, 0.3) is 0 Å². The first kappa shape index (κ1) is 11.6. The van der Waals surface area contributed by atoms with Crippen molar-refractivity contribution in [2.75, 3.05) is 5.32 Å². The highest BCUT2D eigenvalue weighted by molar-refractivity contribution is 5.90. The number of anilines is 1. The summed E-state index contributed by atoms with van der Waals surface area (Å²) in [6.45, 7) is 5.94. The molecule has 3 heteroatoms. The molecule has 0 aliphatic heterocycles. The molecule has 0 aliphatic rings. The van der Waals surface area contributed by atoms with E-state index < -0.39 is 0 Å². The SMILES string of the molecule is CCc1ccccc1NC(=O)NC(C)C. The fourth-order valence-corrected chi connectivity index (χ4v) is 1.37. The normalized spacial score (nSPS) is 10.1. The Morgan fingerprint density at radius 3 is 2.60 bits per heavy atom. The highest BCUT2D eigenvalue weighted by Crippen LogP contribution is 2.14. The molecule has 0 saturated heterocycles. The topological polar surface area (TPSA) is 41.1 Å². The molecule has 0 saturated carbocycles.